The third kappa shape index (κ3) is 7.37. The van der Waals surface area contributed by atoms with Crippen LogP contribution in [0.2, 0.25) is 0 Å². The molecule has 0 saturated heterocycles. The summed E-state index contributed by atoms with van der Waals surface area (Å²) in [5.74, 6) is 2.01. The molecule has 0 saturated carbocycles. The minimum absolute atomic E-state index is 0.724. The quantitative estimate of drug-likeness (QED) is 0.664. The molecule has 1 aliphatic rings. The van der Waals surface area contributed by atoms with E-state index in [-0.39, 0.29) is 0 Å². The second kappa shape index (κ2) is 11.8. The second-order valence-electron chi connectivity index (χ2n) is 8.04. The fraction of sp³-hybridized carbons (Fsp3) is 0.520. The fourth-order valence-corrected chi connectivity index (χ4v) is 3.67. The van der Waals surface area contributed by atoms with Crippen LogP contribution in [0.4, 0.5) is 0 Å². The van der Waals surface area contributed by atoms with E-state index in [1.807, 2.05) is 0 Å². The van der Waals surface area contributed by atoms with Gasteiger partial charge in [-0.15, -0.1) is 0 Å². The van der Waals surface area contributed by atoms with Crippen molar-refractivity contribution in [2.45, 2.75) is 59.0 Å². The molecule has 2 aromatic rings. The van der Waals surface area contributed by atoms with Crippen molar-refractivity contribution in [1.82, 2.24) is 10.6 Å². The molecule has 0 spiro atoms. The van der Waals surface area contributed by atoms with Gasteiger partial charge in [0.05, 0.1) is 13.2 Å². The summed E-state index contributed by atoms with van der Waals surface area (Å²) < 4.78 is 12.2. The molecule has 3 rings (SSSR count). The Balaban J connectivity index is 1.60. The van der Waals surface area contributed by atoms with Crippen LogP contribution in [0.25, 0.3) is 0 Å². The first-order valence-corrected chi connectivity index (χ1v) is 11.1. The monoisotopic (exact) mass is 396 g/mol. The van der Waals surface area contributed by atoms with Crippen molar-refractivity contribution < 1.29 is 9.47 Å². The van der Waals surface area contributed by atoms with Gasteiger partial charge in [-0.3, -0.25) is 0 Å². The van der Waals surface area contributed by atoms with E-state index in [0.29, 0.717) is 0 Å². The summed E-state index contributed by atoms with van der Waals surface area (Å²) in [5, 5.41) is 7.16. The molecule has 0 fully saturated rings. The molecule has 0 radical (unpaired) electrons. The lowest BCUT2D eigenvalue weighted by atomic mass is 10.1. The second-order valence-corrected chi connectivity index (χ2v) is 8.04. The van der Waals surface area contributed by atoms with Crippen molar-refractivity contribution in [3.05, 3.63) is 58.7 Å². The number of nitrogens with one attached hydrogen (secondary N) is 2. The van der Waals surface area contributed by atoms with E-state index in [9.17, 15) is 0 Å². The molecule has 0 amide bonds. The summed E-state index contributed by atoms with van der Waals surface area (Å²) in [5.41, 5.74) is 5.07. The van der Waals surface area contributed by atoms with Crippen molar-refractivity contribution in [3.8, 4) is 11.5 Å². The number of hydrogen-bond acceptors (Lipinski definition) is 4. The molecular weight excluding hydrogens is 360 g/mol. The third-order valence-corrected chi connectivity index (χ3v) is 5.32. The van der Waals surface area contributed by atoms with Crippen LogP contribution in [0.3, 0.4) is 0 Å². The Morgan fingerprint density at radius 2 is 1.10 bits per heavy atom. The molecule has 4 heteroatoms. The van der Waals surface area contributed by atoms with Gasteiger partial charge in [-0.05, 0) is 64.8 Å². The zero-order chi connectivity index (χ0) is 20.3. The molecule has 1 heterocycles. The van der Waals surface area contributed by atoms with E-state index in [0.717, 1.165) is 63.7 Å². The molecular formula is C25H36N2O2. The van der Waals surface area contributed by atoms with Gasteiger partial charge in [0, 0.05) is 24.2 Å². The van der Waals surface area contributed by atoms with E-state index in [4.69, 9.17) is 9.47 Å². The minimum Gasteiger partial charge on any atom is -0.493 e. The lowest BCUT2D eigenvalue weighted by Gasteiger charge is -2.14. The van der Waals surface area contributed by atoms with Gasteiger partial charge in [-0.2, -0.15) is 0 Å². The van der Waals surface area contributed by atoms with Gasteiger partial charge < -0.3 is 20.1 Å². The number of benzene rings is 2. The van der Waals surface area contributed by atoms with Gasteiger partial charge in [0.1, 0.15) is 11.5 Å². The molecule has 0 unspecified atom stereocenters. The first kappa shape index (κ1) is 21.7. The Bertz CT molecular complexity index is 697. The average molecular weight is 397 g/mol. The van der Waals surface area contributed by atoms with Crippen LogP contribution in [0.1, 0.15) is 54.4 Å². The van der Waals surface area contributed by atoms with Crippen LogP contribution in [-0.2, 0) is 13.1 Å². The zero-order valence-corrected chi connectivity index (χ0v) is 18.1. The van der Waals surface area contributed by atoms with E-state index >= 15 is 0 Å². The first-order chi connectivity index (χ1) is 14.2. The zero-order valence-electron chi connectivity index (χ0n) is 18.1. The molecule has 2 aromatic carbocycles. The maximum Gasteiger partial charge on any atom is 0.123 e. The van der Waals surface area contributed by atoms with Crippen LogP contribution >= 0.6 is 0 Å². The standard InChI is InChI=1S/C25H36N2O2/c1-20-8-10-24-22(16-20)18-26-12-4-3-5-13-27-19-23-17-21(2)9-11-25(23)29-15-7-6-14-28-24/h8-11,16-17,26-27H,3-7,12-15,18-19H2,1-2H3. The lowest BCUT2D eigenvalue weighted by Crippen LogP contribution is -2.17. The highest BCUT2D eigenvalue weighted by atomic mass is 16.5. The molecule has 4 nitrogen and oxygen atoms in total. The van der Waals surface area contributed by atoms with Gasteiger partial charge in [-0.25, -0.2) is 0 Å². The Labute approximate surface area is 176 Å². The average Bonchev–Trinajstić information content (AvgIpc) is 2.71. The van der Waals surface area contributed by atoms with Crippen molar-refractivity contribution in [3.63, 3.8) is 0 Å². The highest BCUT2D eigenvalue weighted by Crippen LogP contribution is 2.22. The van der Waals surface area contributed by atoms with E-state index in [1.54, 1.807) is 0 Å². The summed E-state index contributed by atoms with van der Waals surface area (Å²) in [6.45, 7) is 9.55. The highest BCUT2D eigenvalue weighted by Gasteiger charge is 2.07. The van der Waals surface area contributed by atoms with E-state index in [1.165, 1.54) is 41.5 Å². The Morgan fingerprint density at radius 1 is 0.621 bits per heavy atom. The third-order valence-electron chi connectivity index (χ3n) is 5.32. The molecule has 0 aliphatic carbocycles. The van der Waals surface area contributed by atoms with Gasteiger partial charge in [0.2, 0.25) is 0 Å². The topological polar surface area (TPSA) is 42.5 Å². The maximum atomic E-state index is 6.09. The molecule has 1 aliphatic heterocycles. The SMILES string of the molecule is Cc1ccc2c(c1)CNCCCCCNCc1cc(C)ccc1OCCCCO2. The smallest absolute Gasteiger partial charge is 0.123 e. The van der Waals surface area contributed by atoms with Crippen LogP contribution < -0.4 is 20.1 Å². The molecule has 0 atom stereocenters. The van der Waals surface area contributed by atoms with Gasteiger partial charge in [0.25, 0.3) is 0 Å². The van der Waals surface area contributed by atoms with Crippen molar-refractivity contribution >= 4 is 0 Å². The summed E-state index contributed by atoms with van der Waals surface area (Å²) in [6, 6.07) is 12.9. The number of hydrogen-bond donors (Lipinski definition) is 2. The Morgan fingerprint density at radius 3 is 1.59 bits per heavy atom. The predicted molar refractivity (Wildman–Crippen MR) is 120 cm³/mol. The van der Waals surface area contributed by atoms with E-state index < -0.39 is 0 Å². The van der Waals surface area contributed by atoms with Gasteiger partial charge >= 0.3 is 0 Å². The molecule has 158 valence electrons. The number of fused-ring (bicyclic) bond motifs is 2. The van der Waals surface area contributed by atoms with E-state index in [2.05, 4.69) is 60.9 Å². The Hall–Kier alpha value is -2.04. The normalized spacial score (nSPS) is 17.4. The van der Waals surface area contributed by atoms with Crippen LogP contribution in [0.5, 0.6) is 11.5 Å². The molecule has 0 bridgehead atoms. The van der Waals surface area contributed by atoms with Crippen LogP contribution in [0.15, 0.2) is 36.4 Å². The molecule has 29 heavy (non-hydrogen) atoms. The Kier molecular flexibility index (Phi) is 8.84. The van der Waals surface area contributed by atoms with Crippen LogP contribution in [0, 0.1) is 13.8 Å². The number of ether oxygens (including phenoxy) is 2. The first-order valence-electron chi connectivity index (χ1n) is 11.1. The summed E-state index contributed by atoms with van der Waals surface area (Å²) >= 11 is 0. The van der Waals surface area contributed by atoms with Crippen molar-refractivity contribution in [2.24, 2.45) is 0 Å². The van der Waals surface area contributed by atoms with Gasteiger partial charge in [0.15, 0.2) is 0 Å². The van der Waals surface area contributed by atoms with Crippen LogP contribution in [-0.4, -0.2) is 26.3 Å². The molecule has 2 N–H and O–H groups in total. The summed E-state index contributed by atoms with van der Waals surface area (Å²) in [4.78, 5) is 0. The maximum absolute atomic E-state index is 6.09. The number of aryl methyl sites for hydroxylation is 2. The van der Waals surface area contributed by atoms with Crippen molar-refractivity contribution in [1.29, 1.82) is 0 Å². The predicted octanol–water partition coefficient (Wildman–Crippen LogP) is 4.90. The highest BCUT2D eigenvalue weighted by molar-refractivity contribution is 5.37. The fourth-order valence-electron chi connectivity index (χ4n) is 3.67. The minimum atomic E-state index is 0.724. The van der Waals surface area contributed by atoms with Gasteiger partial charge in [-0.1, -0.05) is 41.8 Å². The molecule has 0 aromatic heterocycles. The summed E-state index contributed by atoms with van der Waals surface area (Å²) in [6.07, 6.45) is 5.60. The lowest BCUT2D eigenvalue weighted by molar-refractivity contribution is 0.263. The largest absolute Gasteiger partial charge is 0.493 e. The number of rotatable bonds is 0. The van der Waals surface area contributed by atoms with Crippen molar-refractivity contribution in [2.75, 3.05) is 26.3 Å². The summed E-state index contributed by atoms with van der Waals surface area (Å²) in [7, 11) is 0.